The lowest BCUT2D eigenvalue weighted by Crippen LogP contribution is -2.40. The van der Waals surface area contributed by atoms with Gasteiger partial charge in [0.05, 0.1) is 16.7 Å². The van der Waals surface area contributed by atoms with Crippen LogP contribution in [0.1, 0.15) is 36.1 Å². The van der Waals surface area contributed by atoms with E-state index in [0.29, 0.717) is 5.69 Å². The zero-order valence-corrected chi connectivity index (χ0v) is 21.1. The molecule has 3 aromatic carbocycles. The lowest BCUT2D eigenvalue weighted by atomic mass is 10.1. The molecule has 0 atom stereocenters. The van der Waals surface area contributed by atoms with E-state index >= 15 is 0 Å². The third-order valence-electron chi connectivity index (χ3n) is 5.18. The monoisotopic (exact) mass is 480 g/mol. The number of nitrogens with one attached hydrogen (secondary N) is 1. The summed E-state index contributed by atoms with van der Waals surface area (Å²) in [6.07, 6.45) is 0.0808. The van der Waals surface area contributed by atoms with E-state index in [0.717, 1.165) is 28.0 Å². The molecule has 3 aromatic rings. The van der Waals surface area contributed by atoms with Gasteiger partial charge >= 0.3 is 0 Å². The topological polar surface area (TPSA) is 75.7 Å². The van der Waals surface area contributed by atoms with Crippen molar-refractivity contribution >= 4 is 21.6 Å². The van der Waals surface area contributed by atoms with Gasteiger partial charge in [-0.15, -0.1) is 0 Å². The fourth-order valence-corrected chi connectivity index (χ4v) is 5.00. The Morgan fingerprint density at radius 3 is 2.03 bits per heavy atom. The predicted octanol–water partition coefficient (Wildman–Crippen LogP) is 4.91. The van der Waals surface area contributed by atoms with Crippen molar-refractivity contribution in [1.29, 1.82) is 0 Å². The number of sulfonamides is 1. The van der Waals surface area contributed by atoms with Crippen LogP contribution in [-0.4, -0.2) is 27.0 Å². The number of carbonyl (C=O) groups excluding carboxylic acids is 1. The van der Waals surface area contributed by atoms with E-state index in [4.69, 9.17) is 4.74 Å². The number of benzene rings is 3. The summed E-state index contributed by atoms with van der Waals surface area (Å²) in [4.78, 5) is 13.0. The van der Waals surface area contributed by atoms with Crippen LogP contribution in [0.25, 0.3) is 0 Å². The minimum atomic E-state index is -3.94. The maximum absolute atomic E-state index is 13.5. The van der Waals surface area contributed by atoms with E-state index in [1.54, 1.807) is 36.4 Å². The van der Waals surface area contributed by atoms with Crippen molar-refractivity contribution in [1.82, 2.24) is 5.32 Å². The Morgan fingerprint density at radius 1 is 0.882 bits per heavy atom. The van der Waals surface area contributed by atoms with Gasteiger partial charge in [0.1, 0.15) is 12.3 Å². The first-order valence-electron chi connectivity index (χ1n) is 11.2. The number of hydrogen-bond acceptors (Lipinski definition) is 4. The second-order valence-electron chi connectivity index (χ2n) is 8.76. The van der Waals surface area contributed by atoms with Crippen LogP contribution in [0.2, 0.25) is 0 Å². The summed E-state index contributed by atoms with van der Waals surface area (Å²) in [5, 5.41) is 2.84. The summed E-state index contributed by atoms with van der Waals surface area (Å²) in [6, 6.07) is 19.6. The third-order valence-corrected chi connectivity index (χ3v) is 6.96. The van der Waals surface area contributed by atoms with Crippen molar-refractivity contribution in [3.63, 3.8) is 0 Å². The number of ether oxygens (including phenoxy) is 1. The number of anilines is 1. The minimum absolute atomic E-state index is 0.0808. The number of hydrogen-bond donors (Lipinski definition) is 1. The summed E-state index contributed by atoms with van der Waals surface area (Å²) in [5.41, 5.74) is 4.15. The van der Waals surface area contributed by atoms with Crippen molar-refractivity contribution in [3.05, 3.63) is 89.0 Å². The van der Waals surface area contributed by atoms with E-state index in [-0.39, 0.29) is 24.1 Å². The molecular weight excluding hydrogens is 448 g/mol. The Kier molecular flexibility index (Phi) is 7.99. The third kappa shape index (κ3) is 6.60. The van der Waals surface area contributed by atoms with Crippen molar-refractivity contribution < 1.29 is 17.9 Å². The molecule has 3 rings (SSSR count). The first kappa shape index (κ1) is 25.3. The number of rotatable bonds is 9. The molecule has 0 bridgehead atoms. The molecule has 34 heavy (non-hydrogen) atoms. The molecule has 0 saturated heterocycles. The standard InChI is InChI=1S/C27H32N2O4S/c1-19(2)33-25-10-8-23(9-11-25)17-28-27(30)18-29(24-15-21(4)14-22(5)16-24)34(31,32)26-12-6-20(3)7-13-26/h6-16,19H,17-18H2,1-5H3,(H,28,30). The molecule has 7 heteroatoms. The lowest BCUT2D eigenvalue weighted by Gasteiger charge is -2.25. The molecule has 0 aliphatic rings. The van der Waals surface area contributed by atoms with E-state index in [1.165, 1.54) is 4.31 Å². The van der Waals surface area contributed by atoms with Crippen LogP contribution < -0.4 is 14.4 Å². The van der Waals surface area contributed by atoms with E-state index in [1.807, 2.05) is 65.0 Å². The van der Waals surface area contributed by atoms with Gasteiger partial charge in [0.15, 0.2) is 0 Å². The van der Waals surface area contributed by atoms with Crippen LogP contribution in [-0.2, 0) is 21.4 Å². The normalized spacial score (nSPS) is 11.4. The molecule has 0 spiro atoms. The smallest absolute Gasteiger partial charge is 0.264 e. The highest BCUT2D eigenvalue weighted by Crippen LogP contribution is 2.26. The first-order chi connectivity index (χ1) is 16.0. The number of nitrogens with zero attached hydrogens (tertiary/aromatic N) is 1. The molecule has 1 N–H and O–H groups in total. The van der Waals surface area contributed by atoms with Crippen LogP contribution >= 0.6 is 0 Å². The van der Waals surface area contributed by atoms with E-state index in [9.17, 15) is 13.2 Å². The van der Waals surface area contributed by atoms with Gasteiger partial charge in [-0.1, -0.05) is 35.9 Å². The van der Waals surface area contributed by atoms with Gasteiger partial charge < -0.3 is 10.1 Å². The van der Waals surface area contributed by atoms with Gasteiger partial charge in [0, 0.05) is 6.54 Å². The first-order valence-corrected chi connectivity index (χ1v) is 12.7. The number of aryl methyl sites for hydroxylation is 3. The van der Waals surface area contributed by atoms with E-state index in [2.05, 4.69) is 5.32 Å². The summed E-state index contributed by atoms with van der Waals surface area (Å²) < 4.78 is 33.9. The molecule has 0 aliphatic heterocycles. The summed E-state index contributed by atoms with van der Waals surface area (Å²) >= 11 is 0. The SMILES string of the molecule is Cc1ccc(S(=O)(=O)N(CC(=O)NCc2ccc(OC(C)C)cc2)c2cc(C)cc(C)c2)cc1. The molecule has 0 fully saturated rings. The highest BCUT2D eigenvalue weighted by Gasteiger charge is 2.27. The maximum Gasteiger partial charge on any atom is 0.264 e. The summed E-state index contributed by atoms with van der Waals surface area (Å²) in [6.45, 7) is 9.58. The highest BCUT2D eigenvalue weighted by molar-refractivity contribution is 7.92. The quantitative estimate of drug-likeness (QED) is 0.472. The minimum Gasteiger partial charge on any atom is -0.491 e. The average molecular weight is 481 g/mol. The molecule has 6 nitrogen and oxygen atoms in total. The highest BCUT2D eigenvalue weighted by atomic mass is 32.2. The summed E-state index contributed by atoms with van der Waals surface area (Å²) in [5.74, 6) is 0.368. The average Bonchev–Trinajstić information content (AvgIpc) is 2.76. The summed E-state index contributed by atoms with van der Waals surface area (Å²) in [7, 11) is -3.94. The van der Waals surface area contributed by atoms with Crippen molar-refractivity contribution in [2.45, 2.75) is 52.2 Å². The van der Waals surface area contributed by atoms with Gasteiger partial charge in [0.25, 0.3) is 10.0 Å². The Labute approximate surface area is 202 Å². The van der Waals surface area contributed by atoms with Crippen LogP contribution in [0.3, 0.4) is 0 Å². The zero-order valence-electron chi connectivity index (χ0n) is 20.3. The van der Waals surface area contributed by atoms with E-state index < -0.39 is 15.9 Å². The maximum atomic E-state index is 13.5. The molecule has 0 unspecified atom stereocenters. The van der Waals surface area contributed by atoms with Crippen molar-refractivity contribution in [2.75, 3.05) is 10.8 Å². The van der Waals surface area contributed by atoms with Crippen molar-refractivity contribution in [3.8, 4) is 5.75 Å². The fourth-order valence-electron chi connectivity index (χ4n) is 3.59. The molecule has 0 radical (unpaired) electrons. The Balaban J connectivity index is 1.81. The second kappa shape index (κ2) is 10.7. The lowest BCUT2D eigenvalue weighted by molar-refractivity contribution is -0.119. The van der Waals surface area contributed by atoms with Crippen molar-refractivity contribution in [2.24, 2.45) is 0 Å². The van der Waals surface area contributed by atoms with Crippen LogP contribution in [0.15, 0.2) is 71.6 Å². The molecule has 0 aromatic heterocycles. The van der Waals surface area contributed by atoms with Crippen LogP contribution in [0, 0.1) is 20.8 Å². The molecular formula is C27H32N2O4S. The van der Waals surface area contributed by atoms with Gasteiger partial charge in [-0.25, -0.2) is 8.42 Å². The largest absolute Gasteiger partial charge is 0.491 e. The molecule has 180 valence electrons. The van der Waals surface area contributed by atoms with Gasteiger partial charge in [-0.2, -0.15) is 0 Å². The Hall–Kier alpha value is -3.32. The van der Waals surface area contributed by atoms with Gasteiger partial charge in [0.2, 0.25) is 5.91 Å². The van der Waals surface area contributed by atoms with Crippen LogP contribution in [0.5, 0.6) is 5.75 Å². The number of amides is 1. The Morgan fingerprint density at radius 2 is 1.47 bits per heavy atom. The number of carbonyl (C=O) groups is 1. The second-order valence-corrected chi connectivity index (χ2v) is 10.6. The molecule has 1 amide bonds. The molecule has 0 saturated carbocycles. The zero-order chi connectivity index (χ0) is 24.9. The fraction of sp³-hybridized carbons (Fsp3) is 0.296. The van der Waals surface area contributed by atoms with Gasteiger partial charge in [-0.3, -0.25) is 9.10 Å². The Bertz CT molecular complexity index is 1210. The van der Waals surface area contributed by atoms with Gasteiger partial charge in [-0.05, 0) is 87.7 Å². The molecule has 0 aliphatic carbocycles. The van der Waals surface area contributed by atoms with Crippen LogP contribution in [0.4, 0.5) is 5.69 Å². The molecule has 0 heterocycles. The predicted molar refractivity (Wildman–Crippen MR) is 136 cm³/mol.